The summed E-state index contributed by atoms with van der Waals surface area (Å²) in [6, 6.07) is 28.0. The number of nitrogens with zero attached hydrogens (tertiary/aromatic N) is 4. The maximum Gasteiger partial charge on any atom is 0.248 e. The number of imidazole rings is 2. The van der Waals surface area contributed by atoms with E-state index in [1.54, 1.807) is 29.6 Å². The summed E-state index contributed by atoms with van der Waals surface area (Å²) in [6.45, 7) is -2.19. The molecule has 0 spiro atoms. The van der Waals surface area contributed by atoms with Crippen molar-refractivity contribution in [3.63, 3.8) is 0 Å². The number of halogens is 2. The first kappa shape index (κ1) is 21.2. The molecular weight excluding hydrogens is 726 g/mol. The smallest absolute Gasteiger partial charge is 0.248 e. The first-order valence-electron chi connectivity index (χ1n) is 15.1. The van der Waals surface area contributed by atoms with Gasteiger partial charge in [0.25, 0.3) is 0 Å². The number of hydrogen-bond donors (Lipinski definition) is 0. The summed E-state index contributed by atoms with van der Waals surface area (Å²) >= 11 is 1.38. The van der Waals surface area contributed by atoms with Crippen LogP contribution in [0.15, 0.2) is 131 Å². The number of furan rings is 2. The largest absolute Gasteiger partial charge is 1.00 e. The number of aromatic nitrogens is 4. The molecule has 40 heavy (non-hydrogen) atoms. The van der Waals surface area contributed by atoms with Crippen LogP contribution in [0.4, 0.5) is 0 Å². The SMILES string of the molecule is [2H]C([2H])([2H])I.[2H]C([2H])([2H])[n+]1ccn(-c2cccc3c2oc2ccccc23)c1.[I-].c1ccc2c(c1)oc1c(-n3ccnc3)cccc12. The van der Waals surface area contributed by atoms with Crippen molar-refractivity contribution in [3.05, 3.63) is 122 Å². The van der Waals surface area contributed by atoms with Crippen LogP contribution in [0.1, 0.15) is 8.22 Å². The summed E-state index contributed by atoms with van der Waals surface area (Å²) < 4.78 is 58.0. The molecule has 0 amide bonds. The Morgan fingerprint density at radius 3 is 1.80 bits per heavy atom. The second-order valence-corrected chi connectivity index (χ2v) is 8.70. The molecule has 0 unspecified atom stereocenters. The highest BCUT2D eigenvalue weighted by molar-refractivity contribution is 14.1. The van der Waals surface area contributed by atoms with E-state index in [1.807, 2.05) is 83.6 Å². The Labute approximate surface area is 270 Å². The summed E-state index contributed by atoms with van der Waals surface area (Å²) in [5, 5.41) is 4.35. The molecule has 0 aliphatic rings. The van der Waals surface area contributed by atoms with Crippen LogP contribution in [0.5, 0.6) is 0 Å². The third kappa shape index (κ3) is 5.13. The molecule has 0 fully saturated rings. The molecule has 0 saturated heterocycles. The van der Waals surface area contributed by atoms with Gasteiger partial charge in [-0.1, -0.05) is 83.3 Å². The molecule has 4 aromatic heterocycles. The molecule has 4 aromatic carbocycles. The summed E-state index contributed by atoms with van der Waals surface area (Å²) in [5.41, 5.74) is 5.22. The second kappa shape index (κ2) is 12.3. The number of hydrogen-bond acceptors (Lipinski definition) is 3. The van der Waals surface area contributed by atoms with E-state index in [0.29, 0.717) is 0 Å². The van der Waals surface area contributed by atoms with E-state index >= 15 is 0 Å². The zero-order valence-electron chi connectivity index (χ0n) is 26.9. The molecule has 8 rings (SSSR count). The molecule has 4 heterocycles. The first-order valence-corrected chi connectivity index (χ1v) is 13.1. The topological polar surface area (TPSA) is 52.9 Å². The predicted molar refractivity (Wildman–Crippen MR) is 165 cm³/mol. The van der Waals surface area contributed by atoms with Gasteiger partial charge in [-0.25, -0.2) is 9.55 Å². The molecule has 0 aliphatic heterocycles. The van der Waals surface area contributed by atoms with E-state index in [2.05, 4.69) is 17.1 Å². The fraction of sp³-hybridized carbons (Fsp3) is 0.0625. The molecular formula is C32H26I2N4O2. The molecule has 6 nitrogen and oxygen atoms in total. The number of alkyl halides is 1. The van der Waals surface area contributed by atoms with Crippen molar-refractivity contribution in [2.45, 2.75) is 0 Å². The molecule has 0 saturated carbocycles. The van der Waals surface area contributed by atoms with Crippen LogP contribution in [0, 0.1) is 0 Å². The quantitative estimate of drug-likeness (QED) is 0.141. The van der Waals surface area contributed by atoms with Gasteiger partial charge in [-0.05, 0) is 29.1 Å². The minimum Gasteiger partial charge on any atom is -1.00 e. The van der Waals surface area contributed by atoms with E-state index in [0.717, 1.165) is 55.3 Å². The van der Waals surface area contributed by atoms with Crippen molar-refractivity contribution in [3.8, 4) is 11.4 Å². The molecule has 0 bridgehead atoms. The third-order valence-corrected chi connectivity index (χ3v) is 6.46. The first-order chi connectivity index (χ1) is 21.5. The summed E-state index contributed by atoms with van der Waals surface area (Å²) in [4.78, 5) is 2.30. The van der Waals surface area contributed by atoms with E-state index in [-0.39, 0.29) is 24.0 Å². The number of fused-ring (bicyclic) bond motifs is 6. The van der Waals surface area contributed by atoms with Gasteiger partial charge < -0.3 is 37.4 Å². The van der Waals surface area contributed by atoms with Gasteiger partial charge in [-0.2, -0.15) is 4.57 Å². The normalized spacial score (nSPS) is 13.5. The van der Waals surface area contributed by atoms with Crippen LogP contribution in [-0.4, -0.2) is 19.0 Å². The lowest BCUT2D eigenvalue weighted by Gasteiger charge is -2.01. The van der Waals surface area contributed by atoms with Crippen LogP contribution < -0.4 is 28.5 Å². The molecule has 0 N–H and O–H groups in total. The second-order valence-electron chi connectivity index (χ2n) is 8.70. The van der Waals surface area contributed by atoms with Crippen LogP contribution in [-0.2, 0) is 6.98 Å². The molecule has 0 atom stereocenters. The maximum atomic E-state index is 7.46. The fourth-order valence-corrected chi connectivity index (χ4v) is 4.77. The number of para-hydroxylation sites is 4. The van der Waals surface area contributed by atoms with Gasteiger partial charge in [0.2, 0.25) is 6.33 Å². The van der Waals surface area contributed by atoms with Crippen LogP contribution in [0.2, 0.25) is 0 Å². The van der Waals surface area contributed by atoms with Gasteiger partial charge in [0.1, 0.15) is 23.6 Å². The average molecular weight is 758 g/mol. The van der Waals surface area contributed by atoms with Crippen molar-refractivity contribution < 1.29 is 45.6 Å². The lowest BCUT2D eigenvalue weighted by atomic mass is 10.1. The van der Waals surface area contributed by atoms with Crippen molar-refractivity contribution in [2.24, 2.45) is 6.98 Å². The van der Waals surface area contributed by atoms with Crippen molar-refractivity contribution in [1.82, 2.24) is 14.1 Å². The molecule has 8 heteroatoms. The monoisotopic (exact) mass is 758 g/mol. The van der Waals surface area contributed by atoms with E-state index < -0.39 is 11.8 Å². The minimum absolute atomic E-state index is 0. The maximum absolute atomic E-state index is 7.46. The van der Waals surface area contributed by atoms with Gasteiger partial charge >= 0.3 is 0 Å². The Morgan fingerprint density at radius 2 is 1.27 bits per heavy atom. The van der Waals surface area contributed by atoms with Crippen LogP contribution >= 0.6 is 22.6 Å². The number of benzene rings is 4. The van der Waals surface area contributed by atoms with E-state index in [1.165, 1.54) is 33.4 Å². The van der Waals surface area contributed by atoms with Crippen LogP contribution in [0.25, 0.3) is 55.3 Å². The Kier molecular flexibility index (Phi) is 6.48. The highest BCUT2D eigenvalue weighted by atomic mass is 127. The number of rotatable bonds is 2. The molecule has 200 valence electrons. The van der Waals surface area contributed by atoms with Gasteiger partial charge in [0.05, 0.1) is 23.1 Å². The van der Waals surface area contributed by atoms with Crippen molar-refractivity contribution >= 4 is 66.5 Å². The lowest BCUT2D eigenvalue weighted by Crippen LogP contribution is -3.00. The predicted octanol–water partition coefficient (Wildman–Crippen LogP) is 5.03. The Hall–Kier alpha value is -3.64. The van der Waals surface area contributed by atoms with E-state index in [4.69, 9.17) is 17.1 Å². The van der Waals surface area contributed by atoms with Gasteiger partial charge in [0.15, 0.2) is 16.9 Å². The standard InChI is InChI=1S/C16H13N2O.C15H10N2O.CH3I.HI/c1-17-9-10-18(11-17)14-7-4-6-13-12-5-2-3-8-15(12)19-16(13)14;1-2-7-14-11(4-1)12-5-3-6-13(15(12)18-14)17-9-8-16-10-17;1-2;/h2-11H,1H3;1-10H;1H3;1H/q+1;;;/p-1/i1D3;;1D3;. The van der Waals surface area contributed by atoms with Crippen LogP contribution in [0.3, 0.4) is 0 Å². The number of aryl methyl sites for hydroxylation is 1. The minimum atomic E-state index is -2.19. The van der Waals surface area contributed by atoms with Crippen molar-refractivity contribution in [1.29, 1.82) is 0 Å². The third-order valence-electron chi connectivity index (χ3n) is 6.46. The van der Waals surface area contributed by atoms with Gasteiger partial charge in [-0.15, -0.1) is 0 Å². The summed E-state index contributed by atoms with van der Waals surface area (Å²) in [7, 11) is 0. The Morgan fingerprint density at radius 1 is 0.725 bits per heavy atom. The van der Waals surface area contributed by atoms with E-state index in [9.17, 15) is 0 Å². The molecule has 0 radical (unpaired) electrons. The van der Waals surface area contributed by atoms with Crippen molar-refractivity contribution in [2.75, 3.05) is 4.86 Å². The molecule has 8 aromatic rings. The Balaban J connectivity index is 0.000000157. The fourth-order valence-electron chi connectivity index (χ4n) is 4.77. The zero-order valence-corrected chi connectivity index (χ0v) is 25.2. The summed E-state index contributed by atoms with van der Waals surface area (Å²) in [5.74, 6) is 0. The summed E-state index contributed by atoms with van der Waals surface area (Å²) in [6.07, 6.45) is 10.3. The average Bonchev–Trinajstić information content (AvgIpc) is 3.80. The lowest BCUT2D eigenvalue weighted by molar-refractivity contribution is -0.670. The van der Waals surface area contributed by atoms with Gasteiger partial charge in [0, 0.05) is 38.1 Å². The highest BCUT2D eigenvalue weighted by Crippen LogP contribution is 2.33. The highest BCUT2D eigenvalue weighted by Gasteiger charge is 2.15. The molecule has 0 aliphatic carbocycles. The Bertz CT molecular complexity index is 2230. The zero-order chi connectivity index (χ0) is 31.8. The van der Waals surface area contributed by atoms with Gasteiger partial charge in [-0.3, -0.25) is 0 Å².